The van der Waals surface area contributed by atoms with E-state index in [-0.39, 0.29) is 5.41 Å². The minimum atomic E-state index is -0.429. The Morgan fingerprint density at radius 2 is 0.857 bits per heavy atom. The fourth-order valence-corrected chi connectivity index (χ4v) is 8.58. The van der Waals surface area contributed by atoms with Crippen molar-refractivity contribution in [1.82, 2.24) is 0 Å². The highest BCUT2D eigenvalue weighted by Crippen LogP contribution is 2.56. The molecule has 0 aromatic heterocycles. The smallest absolute Gasteiger partial charge is 0.119 e. The van der Waals surface area contributed by atoms with Gasteiger partial charge in [0.05, 0.1) is 12.5 Å². The quantitative estimate of drug-likeness (QED) is 0.181. The molecule has 2 aliphatic rings. The van der Waals surface area contributed by atoms with Gasteiger partial charge in [-0.1, -0.05) is 135 Å². The van der Waals surface area contributed by atoms with Crippen LogP contribution in [0.1, 0.15) is 47.2 Å². The van der Waals surface area contributed by atoms with E-state index >= 15 is 0 Å². The topological polar surface area (TPSA) is 12.5 Å². The van der Waals surface area contributed by atoms with E-state index < -0.39 is 5.41 Å². The lowest BCUT2D eigenvalue weighted by atomic mass is 9.68. The largest absolute Gasteiger partial charge is 0.497 e. The van der Waals surface area contributed by atoms with Crippen LogP contribution in [0.3, 0.4) is 0 Å². The number of benzene rings is 7. The second kappa shape index (κ2) is 11.1. The third-order valence-electron chi connectivity index (χ3n) is 10.9. The molecule has 0 bridgehead atoms. The van der Waals surface area contributed by atoms with Crippen LogP contribution in [0.2, 0.25) is 0 Å². The first-order chi connectivity index (χ1) is 24.0. The van der Waals surface area contributed by atoms with Gasteiger partial charge < -0.3 is 9.64 Å². The molecule has 0 saturated carbocycles. The molecular weight excluding hydrogens is 595 g/mol. The van der Waals surface area contributed by atoms with Crippen molar-refractivity contribution in [3.05, 3.63) is 203 Å². The van der Waals surface area contributed by atoms with Gasteiger partial charge in [-0.15, -0.1) is 0 Å². The monoisotopic (exact) mass is 631 g/mol. The Balaban J connectivity index is 1.22. The third-order valence-corrected chi connectivity index (χ3v) is 10.9. The molecule has 0 radical (unpaired) electrons. The Kier molecular flexibility index (Phi) is 6.64. The lowest BCUT2D eigenvalue weighted by molar-refractivity contribution is 0.415. The average molecular weight is 632 g/mol. The third kappa shape index (κ3) is 4.27. The molecule has 49 heavy (non-hydrogen) atoms. The molecule has 0 saturated heterocycles. The normalized spacial score (nSPS) is 14.3. The molecule has 7 aromatic rings. The van der Waals surface area contributed by atoms with Crippen LogP contribution in [0.4, 0.5) is 17.1 Å². The van der Waals surface area contributed by atoms with E-state index in [1.165, 1.54) is 55.6 Å². The van der Waals surface area contributed by atoms with Crippen LogP contribution in [0.25, 0.3) is 22.3 Å². The van der Waals surface area contributed by atoms with Crippen molar-refractivity contribution in [2.45, 2.75) is 24.7 Å². The Morgan fingerprint density at radius 1 is 0.408 bits per heavy atom. The number of hydrogen-bond donors (Lipinski definition) is 0. The Labute approximate surface area is 288 Å². The number of hydrogen-bond acceptors (Lipinski definition) is 2. The van der Waals surface area contributed by atoms with Crippen LogP contribution in [0, 0.1) is 0 Å². The van der Waals surface area contributed by atoms with Gasteiger partial charge >= 0.3 is 0 Å². The second-order valence-corrected chi connectivity index (χ2v) is 13.7. The highest BCUT2D eigenvalue weighted by Gasteiger charge is 2.45. The van der Waals surface area contributed by atoms with E-state index in [1.807, 2.05) is 12.1 Å². The number of methoxy groups -OCH3 is 1. The summed E-state index contributed by atoms with van der Waals surface area (Å²) in [6, 6.07) is 62.2. The van der Waals surface area contributed by atoms with Gasteiger partial charge in [-0.3, -0.25) is 0 Å². The summed E-state index contributed by atoms with van der Waals surface area (Å²) < 4.78 is 5.55. The van der Waals surface area contributed by atoms with Crippen LogP contribution < -0.4 is 9.64 Å². The summed E-state index contributed by atoms with van der Waals surface area (Å²) in [5.74, 6) is 0.841. The fraction of sp³-hybridized carbons (Fsp3) is 0.106. The first-order valence-corrected chi connectivity index (χ1v) is 17.1. The van der Waals surface area contributed by atoms with Crippen LogP contribution in [-0.4, -0.2) is 7.11 Å². The maximum atomic E-state index is 5.55. The van der Waals surface area contributed by atoms with Gasteiger partial charge in [0.25, 0.3) is 0 Å². The summed E-state index contributed by atoms with van der Waals surface area (Å²) in [5.41, 5.74) is 15.9. The van der Waals surface area contributed by atoms with Crippen LogP contribution >= 0.6 is 0 Å². The predicted molar refractivity (Wildman–Crippen MR) is 203 cm³/mol. The number of ether oxygens (including phenoxy) is 1. The van der Waals surface area contributed by atoms with Gasteiger partial charge in [0, 0.05) is 22.5 Å². The first kappa shape index (κ1) is 29.3. The summed E-state index contributed by atoms with van der Waals surface area (Å²) in [6.07, 6.45) is 0. The zero-order valence-corrected chi connectivity index (χ0v) is 28.0. The molecule has 236 valence electrons. The first-order valence-electron chi connectivity index (χ1n) is 17.1. The van der Waals surface area contributed by atoms with Crippen molar-refractivity contribution >= 4 is 17.1 Å². The highest BCUT2D eigenvalue weighted by atomic mass is 16.5. The lowest BCUT2D eigenvalue weighted by Crippen LogP contribution is -2.28. The van der Waals surface area contributed by atoms with Crippen molar-refractivity contribution in [3.63, 3.8) is 0 Å². The van der Waals surface area contributed by atoms with Crippen molar-refractivity contribution < 1.29 is 4.74 Å². The van der Waals surface area contributed by atoms with Gasteiger partial charge in [-0.05, 0) is 104 Å². The van der Waals surface area contributed by atoms with E-state index in [2.05, 4.69) is 176 Å². The maximum Gasteiger partial charge on any atom is 0.119 e. The summed E-state index contributed by atoms with van der Waals surface area (Å²) >= 11 is 0. The van der Waals surface area contributed by atoms with Crippen LogP contribution in [0.15, 0.2) is 170 Å². The average Bonchev–Trinajstić information content (AvgIpc) is 3.59. The van der Waals surface area contributed by atoms with Crippen molar-refractivity contribution in [1.29, 1.82) is 0 Å². The molecule has 0 aliphatic heterocycles. The van der Waals surface area contributed by atoms with E-state index in [1.54, 1.807) is 7.11 Å². The number of nitrogens with zero attached hydrogens (tertiary/aromatic N) is 1. The number of fused-ring (bicyclic) bond motifs is 6. The van der Waals surface area contributed by atoms with E-state index in [0.29, 0.717) is 0 Å². The van der Waals surface area contributed by atoms with Gasteiger partial charge in [0.2, 0.25) is 0 Å². The minimum absolute atomic E-state index is 0.0946. The standard InChI is InChI=1S/C47H37NO/c1-46(2)42-18-10-7-15-38(42)41-30-27-36(31-45(41)46)48(35-25-28-37(49-3)29-26-35)34-23-21-33(22-24-34)47(32-13-5-4-6-14-32)43-19-11-8-16-39(43)40-17-9-12-20-44(40)47/h4-31H,1-3H3. The summed E-state index contributed by atoms with van der Waals surface area (Å²) in [4.78, 5) is 2.37. The zero-order chi connectivity index (χ0) is 33.2. The van der Waals surface area contributed by atoms with Crippen molar-refractivity contribution in [2.75, 3.05) is 12.0 Å². The lowest BCUT2D eigenvalue weighted by Gasteiger charge is -2.34. The zero-order valence-electron chi connectivity index (χ0n) is 28.0. The van der Waals surface area contributed by atoms with Crippen LogP contribution in [0.5, 0.6) is 5.75 Å². The summed E-state index contributed by atoms with van der Waals surface area (Å²) in [5, 5.41) is 0. The summed E-state index contributed by atoms with van der Waals surface area (Å²) in [7, 11) is 1.72. The molecule has 9 rings (SSSR count). The van der Waals surface area contributed by atoms with Crippen LogP contribution in [-0.2, 0) is 10.8 Å². The minimum Gasteiger partial charge on any atom is -0.497 e. The van der Waals surface area contributed by atoms with Gasteiger partial charge in [-0.2, -0.15) is 0 Å². The molecule has 0 spiro atoms. The second-order valence-electron chi connectivity index (χ2n) is 13.7. The van der Waals surface area contributed by atoms with Gasteiger partial charge in [-0.25, -0.2) is 0 Å². The fourth-order valence-electron chi connectivity index (χ4n) is 8.58. The van der Waals surface area contributed by atoms with Crippen molar-refractivity contribution in [2.24, 2.45) is 0 Å². The molecule has 0 atom stereocenters. The SMILES string of the molecule is COc1ccc(N(c2ccc(C3(c4ccccc4)c4ccccc4-c4ccccc43)cc2)c2ccc3c(c2)C(C)(C)c2ccccc2-3)cc1. The molecule has 0 fully saturated rings. The molecular formula is C47H37NO. The van der Waals surface area contributed by atoms with E-state index in [4.69, 9.17) is 4.74 Å². The maximum absolute atomic E-state index is 5.55. The van der Waals surface area contributed by atoms with Gasteiger partial charge in [0.1, 0.15) is 5.75 Å². The molecule has 0 N–H and O–H groups in total. The Hall–Kier alpha value is -5.86. The molecule has 2 nitrogen and oxygen atoms in total. The predicted octanol–water partition coefficient (Wildman–Crippen LogP) is 11.8. The Bertz CT molecular complexity index is 2290. The molecule has 0 unspecified atom stereocenters. The number of rotatable bonds is 6. The molecule has 7 aromatic carbocycles. The highest BCUT2D eigenvalue weighted by molar-refractivity contribution is 5.88. The van der Waals surface area contributed by atoms with Gasteiger partial charge in [0.15, 0.2) is 0 Å². The van der Waals surface area contributed by atoms with Crippen molar-refractivity contribution in [3.8, 4) is 28.0 Å². The molecule has 2 heteroatoms. The van der Waals surface area contributed by atoms with E-state index in [0.717, 1.165) is 22.8 Å². The summed E-state index contributed by atoms with van der Waals surface area (Å²) in [6.45, 7) is 4.68. The molecule has 0 heterocycles. The number of anilines is 3. The van der Waals surface area contributed by atoms with E-state index in [9.17, 15) is 0 Å². The molecule has 2 aliphatic carbocycles. The molecule has 0 amide bonds. The Morgan fingerprint density at radius 3 is 1.45 bits per heavy atom.